The maximum Gasteiger partial charge on any atom is 0.407 e. The molecule has 9 nitrogen and oxygen atoms in total. The summed E-state index contributed by atoms with van der Waals surface area (Å²) in [5.74, 6) is -2.01. The van der Waals surface area contributed by atoms with E-state index in [9.17, 15) is 24.3 Å². The van der Waals surface area contributed by atoms with Gasteiger partial charge in [0.2, 0.25) is 11.8 Å². The summed E-state index contributed by atoms with van der Waals surface area (Å²) < 4.78 is 5.47. The zero-order chi connectivity index (χ0) is 24.2. The van der Waals surface area contributed by atoms with Gasteiger partial charge in [0.1, 0.15) is 12.6 Å². The molecule has 0 spiro atoms. The predicted molar refractivity (Wildman–Crippen MR) is 123 cm³/mol. The third kappa shape index (κ3) is 4.88. The van der Waals surface area contributed by atoms with E-state index in [2.05, 4.69) is 5.32 Å². The molecule has 0 saturated carbocycles. The first-order valence-electron chi connectivity index (χ1n) is 11.2. The molecule has 2 aromatic rings. The Kier molecular flexibility index (Phi) is 6.81. The molecule has 1 aliphatic heterocycles. The molecule has 1 fully saturated rings. The molecule has 34 heavy (non-hydrogen) atoms. The lowest BCUT2D eigenvalue weighted by atomic mass is 9.98. The van der Waals surface area contributed by atoms with Crippen LogP contribution >= 0.6 is 0 Å². The quantitative estimate of drug-likeness (QED) is 0.675. The summed E-state index contributed by atoms with van der Waals surface area (Å²) in [5, 5.41) is 11.7. The van der Waals surface area contributed by atoms with Gasteiger partial charge in [-0.15, -0.1) is 0 Å². The van der Waals surface area contributed by atoms with E-state index >= 15 is 0 Å². The second kappa shape index (κ2) is 9.94. The average Bonchev–Trinajstić information content (AvgIpc) is 3.04. The van der Waals surface area contributed by atoms with Crippen LogP contribution in [-0.4, -0.2) is 78.1 Å². The van der Waals surface area contributed by atoms with E-state index in [0.29, 0.717) is 6.54 Å². The highest BCUT2D eigenvalue weighted by molar-refractivity contribution is 5.90. The Morgan fingerprint density at radius 3 is 2.26 bits per heavy atom. The van der Waals surface area contributed by atoms with Gasteiger partial charge >= 0.3 is 12.1 Å². The molecule has 0 aromatic heterocycles. The lowest BCUT2D eigenvalue weighted by Gasteiger charge is -2.26. The number of likely N-dealkylation sites (N-methyl/N-ethyl adjacent to an activating group) is 1. The van der Waals surface area contributed by atoms with Gasteiger partial charge in [0, 0.05) is 39.0 Å². The number of alkyl carbamates (subject to hydrolysis) is 1. The number of aliphatic carboxylic acids is 1. The van der Waals surface area contributed by atoms with Crippen LogP contribution in [0.2, 0.25) is 0 Å². The Morgan fingerprint density at radius 1 is 1.03 bits per heavy atom. The lowest BCUT2D eigenvalue weighted by Crippen LogP contribution is -2.50. The van der Waals surface area contributed by atoms with Gasteiger partial charge in [-0.25, -0.2) is 4.79 Å². The van der Waals surface area contributed by atoms with Crippen molar-refractivity contribution in [2.24, 2.45) is 0 Å². The van der Waals surface area contributed by atoms with Gasteiger partial charge in [-0.3, -0.25) is 14.4 Å². The molecule has 3 amide bonds. The van der Waals surface area contributed by atoms with Crippen LogP contribution < -0.4 is 5.32 Å². The van der Waals surface area contributed by atoms with E-state index in [1.807, 2.05) is 48.5 Å². The molecule has 1 aliphatic carbocycles. The lowest BCUT2D eigenvalue weighted by molar-refractivity contribution is -0.142. The van der Waals surface area contributed by atoms with E-state index in [1.165, 1.54) is 9.80 Å². The van der Waals surface area contributed by atoms with Crippen molar-refractivity contribution < 1.29 is 29.0 Å². The number of carboxylic acids is 1. The molecular formula is C25H27N3O6. The van der Waals surface area contributed by atoms with Gasteiger partial charge in [-0.05, 0) is 22.3 Å². The van der Waals surface area contributed by atoms with Gasteiger partial charge in [0.05, 0.1) is 6.42 Å². The SMILES string of the molecule is CN1CCN(C(=O)C(CC(=O)O)NC(=O)OCC2c3ccccc3-c3ccccc32)CCC1=O. The standard InChI is InChI=1S/C25H27N3O6/c1-27-12-13-28(11-10-22(27)29)24(32)21(14-23(30)31)26-25(33)34-15-20-18-8-4-2-6-16(18)17-7-3-5-9-19(17)20/h2-9,20-21H,10-15H2,1H3,(H,26,33)(H,30,31). The van der Waals surface area contributed by atoms with Crippen LogP contribution in [0.25, 0.3) is 11.1 Å². The highest BCUT2D eigenvalue weighted by atomic mass is 16.5. The Bertz CT molecular complexity index is 1070. The highest BCUT2D eigenvalue weighted by Crippen LogP contribution is 2.44. The monoisotopic (exact) mass is 465 g/mol. The molecular weight excluding hydrogens is 438 g/mol. The minimum absolute atomic E-state index is 0.0524. The second-order valence-electron chi connectivity index (χ2n) is 8.51. The number of nitrogens with one attached hydrogen (secondary N) is 1. The van der Waals surface area contributed by atoms with Crippen LogP contribution in [0.15, 0.2) is 48.5 Å². The molecule has 4 rings (SSSR count). The third-order valence-electron chi connectivity index (χ3n) is 6.35. The molecule has 1 saturated heterocycles. The molecule has 9 heteroatoms. The molecule has 1 heterocycles. The van der Waals surface area contributed by atoms with Crippen LogP contribution in [0.3, 0.4) is 0 Å². The minimum Gasteiger partial charge on any atom is -0.481 e. The summed E-state index contributed by atoms with van der Waals surface area (Å²) in [4.78, 5) is 51.8. The Labute approximate surface area is 197 Å². The number of ether oxygens (including phenoxy) is 1. The van der Waals surface area contributed by atoms with Crippen molar-refractivity contribution in [3.05, 3.63) is 59.7 Å². The van der Waals surface area contributed by atoms with Crippen LogP contribution in [0.1, 0.15) is 29.9 Å². The van der Waals surface area contributed by atoms with Gasteiger partial charge in [0.25, 0.3) is 0 Å². The molecule has 0 bridgehead atoms. The van der Waals surface area contributed by atoms with Crippen LogP contribution in [0.4, 0.5) is 4.79 Å². The number of amides is 3. The third-order valence-corrected chi connectivity index (χ3v) is 6.35. The van der Waals surface area contributed by atoms with Crippen LogP contribution in [0, 0.1) is 0 Å². The number of rotatable bonds is 6. The fourth-order valence-electron chi connectivity index (χ4n) is 4.53. The number of nitrogens with zero attached hydrogens (tertiary/aromatic N) is 2. The molecule has 2 aromatic carbocycles. The van der Waals surface area contributed by atoms with E-state index in [4.69, 9.17) is 4.74 Å². The number of carbonyl (C=O) groups excluding carboxylic acids is 3. The minimum atomic E-state index is -1.29. The Hall–Kier alpha value is -3.88. The summed E-state index contributed by atoms with van der Waals surface area (Å²) >= 11 is 0. The number of hydrogen-bond donors (Lipinski definition) is 2. The first kappa shape index (κ1) is 23.3. The number of carboxylic acid groups (broad SMARTS) is 1. The largest absolute Gasteiger partial charge is 0.481 e. The number of hydrogen-bond acceptors (Lipinski definition) is 5. The summed E-state index contributed by atoms with van der Waals surface area (Å²) in [6.07, 6.45) is -1.29. The molecule has 2 aliphatic rings. The highest BCUT2D eigenvalue weighted by Gasteiger charge is 2.32. The van der Waals surface area contributed by atoms with Gasteiger partial charge in [-0.1, -0.05) is 48.5 Å². The molecule has 178 valence electrons. The topological polar surface area (TPSA) is 116 Å². The summed E-state index contributed by atoms with van der Waals surface area (Å²) in [5.41, 5.74) is 4.28. The van der Waals surface area contributed by atoms with Crippen molar-refractivity contribution in [1.82, 2.24) is 15.1 Å². The Morgan fingerprint density at radius 2 is 1.65 bits per heavy atom. The fraction of sp³-hybridized carbons (Fsp3) is 0.360. The average molecular weight is 466 g/mol. The first-order valence-corrected chi connectivity index (χ1v) is 11.2. The van der Waals surface area contributed by atoms with Gasteiger partial charge < -0.3 is 25.0 Å². The predicted octanol–water partition coefficient (Wildman–Crippen LogP) is 2.06. The fourth-order valence-corrected chi connectivity index (χ4v) is 4.53. The van der Waals surface area contributed by atoms with Gasteiger partial charge in [0.15, 0.2) is 0 Å². The van der Waals surface area contributed by atoms with Crippen molar-refractivity contribution in [1.29, 1.82) is 0 Å². The van der Waals surface area contributed by atoms with Crippen molar-refractivity contribution in [2.45, 2.75) is 24.8 Å². The molecule has 2 N–H and O–H groups in total. The van der Waals surface area contributed by atoms with E-state index in [1.54, 1.807) is 7.05 Å². The second-order valence-corrected chi connectivity index (χ2v) is 8.51. The van der Waals surface area contributed by atoms with Crippen molar-refractivity contribution >= 4 is 23.9 Å². The molecule has 0 radical (unpaired) electrons. The van der Waals surface area contributed by atoms with Crippen molar-refractivity contribution in [3.63, 3.8) is 0 Å². The Balaban J connectivity index is 1.42. The van der Waals surface area contributed by atoms with Gasteiger partial charge in [-0.2, -0.15) is 0 Å². The van der Waals surface area contributed by atoms with E-state index in [0.717, 1.165) is 22.3 Å². The van der Waals surface area contributed by atoms with E-state index in [-0.39, 0.29) is 37.9 Å². The smallest absolute Gasteiger partial charge is 0.407 e. The molecule has 1 unspecified atom stereocenters. The van der Waals surface area contributed by atoms with Crippen molar-refractivity contribution in [3.8, 4) is 11.1 Å². The van der Waals surface area contributed by atoms with Crippen LogP contribution in [0.5, 0.6) is 0 Å². The normalized spacial score (nSPS) is 16.3. The summed E-state index contributed by atoms with van der Waals surface area (Å²) in [6, 6.07) is 14.5. The number of fused-ring (bicyclic) bond motifs is 3. The first-order chi connectivity index (χ1) is 16.3. The maximum absolute atomic E-state index is 13.0. The number of benzene rings is 2. The van der Waals surface area contributed by atoms with Crippen molar-refractivity contribution in [2.75, 3.05) is 33.3 Å². The molecule has 1 atom stereocenters. The summed E-state index contributed by atoms with van der Waals surface area (Å²) in [6.45, 7) is 0.834. The summed E-state index contributed by atoms with van der Waals surface area (Å²) in [7, 11) is 1.65. The zero-order valence-electron chi connectivity index (χ0n) is 18.9. The van der Waals surface area contributed by atoms with E-state index < -0.39 is 30.4 Å². The number of carbonyl (C=O) groups is 4. The van der Waals surface area contributed by atoms with Crippen LogP contribution in [-0.2, 0) is 19.1 Å². The maximum atomic E-state index is 13.0. The zero-order valence-corrected chi connectivity index (χ0v) is 18.9.